The molecule has 3 N–H and O–H groups in total. The highest BCUT2D eigenvalue weighted by Crippen LogP contribution is 2.30. The minimum absolute atomic E-state index is 0.0426. The number of nitrogens with one attached hydrogen (secondary N) is 2. The van der Waals surface area contributed by atoms with Crippen LogP contribution in [0, 0.1) is 5.92 Å². The van der Waals surface area contributed by atoms with Crippen LogP contribution in [0.15, 0.2) is 42.7 Å². The molecular formula is C25H33N5O4S. The summed E-state index contributed by atoms with van der Waals surface area (Å²) in [6.07, 6.45) is 7.89. The molecule has 1 fully saturated rings. The van der Waals surface area contributed by atoms with Crippen LogP contribution in [0.3, 0.4) is 0 Å². The van der Waals surface area contributed by atoms with Crippen molar-refractivity contribution in [3.8, 4) is 5.82 Å². The number of amides is 1. The monoisotopic (exact) mass is 499 g/mol. The zero-order chi connectivity index (χ0) is 25.2. The number of hydrogen-bond acceptors (Lipinski definition) is 7. The number of nitrogens with zero attached hydrogens (tertiary/aromatic N) is 3. The molecule has 0 saturated heterocycles. The summed E-state index contributed by atoms with van der Waals surface area (Å²) in [7, 11) is -3.09. The van der Waals surface area contributed by atoms with Gasteiger partial charge in [-0.3, -0.25) is 4.79 Å². The Bertz CT molecular complexity index is 1300. The van der Waals surface area contributed by atoms with E-state index in [-0.39, 0.29) is 30.2 Å². The molecule has 2 aromatic heterocycles. The molecule has 1 aromatic carbocycles. The lowest BCUT2D eigenvalue weighted by atomic mass is 9.85. The third-order valence-electron chi connectivity index (χ3n) is 6.48. The fourth-order valence-corrected chi connectivity index (χ4v) is 5.11. The van der Waals surface area contributed by atoms with Crippen molar-refractivity contribution in [2.24, 2.45) is 5.92 Å². The topological polar surface area (TPSA) is 126 Å². The predicted octanol–water partition coefficient (Wildman–Crippen LogP) is 2.78. The second-order valence-electron chi connectivity index (χ2n) is 9.84. The van der Waals surface area contributed by atoms with E-state index in [4.69, 9.17) is 4.98 Å². The van der Waals surface area contributed by atoms with Crippen molar-refractivity contribution in [2.75, 3.05) is 23.9 Å². The zero-order valence-corrected chi connectivity index (χ0v) is 21.2. The van der Waals surface area contributed by atoms with Gasteiger partial charge in [0.2, 0.25) is 11.9 Å². The largest absolute Gasteiger partial charge is 0.386 e. The maximum atomic E-state index is 12.3. The molecule has 1 saturated carbocycles. The van der Waals surface area contributed by atoms with Gasteiger partial charge in [-0.2, -0.15) is 4.98 Å². The van der Waals surface area contributed by atoms with Gasteiger partial charge in [-0.1, -0.05) is 12.1 Å². The highest BCUT2D eigenvalue weighted by atomic mass is 32.2. The molecule has 0 radical (unpaired) electrons. The number of carbonyl (C=O) groups excluding carboxylic acids is 1. The highest BCUT2D eigenvalue weighted by Gasteiger charge is 2.27. The first-order chi connectivity index (χ1) is 16.5. The van der Waals surface area contributed by atoms with Gasteiger partial charge in [0, 0.05) is 42.5 Å². The Morgan fingerprint density at radius 1 is 1.17 bits per heavy atom. The lowest BCUT2D eigenvalue weighted by Crippen LogP contribution is -2.37. The first-order valence-corrected chi connectivity index (χ1v) is 14.0. The number of aliphatic hydroxyl groups is 1. The Balaban J connectivity index is 1.39. The molecule has 0 aliphatic heterocycles. The van der Waals surface area contributed by atoms with Crippen molar-refractivity contribution in [2.45, 2.75) is 51.2 Å². The van der Waals surface area contributed by atoms with Gasteiger partial charge in [-0.15, -0.1) is 0 Å². The summed E-state index contributed by atoms with van der Waals surface area (Å²) in [5.41, 5.74) is 0.864. The van der Waals surface area contributed by atoms with Gasteiger partial charge in [0.15, 0.2) is 0 Å². The smallest absolute Gasteiger partial charge is 0.224 e. The van der Waals surface area contributed by atoms with Crippen LogP contribution >= 0.6 is 0 Å². The van der Waals surface area contributed by atoms with E-state index >= 15 is 0 Å². The third kappa shape index (κ3) is 6.18. The minimum atomic E-state index is -3.09. The van der Waals surface area contributed by atoms with Crippen LogP contribution in [-0.4, -0.2) is 58.6 Å². The van der Waals surface area contributed by atoms with Crippen molar-refractivity contribution >= 4 is 32.6 Å². The molecule has 0 spiro atoms. The van der Waals surface area contributed by atoms with E-state index in [1.165, 1.54) is 6.26 Å². The average Bonchev–Trinajstić information content (AvgIpc) is 3.22. The van der Waals surface area contributed by atoms with Crippen LogP contribution in [0.1, 0.15) is 45.1 Å². The lowest BCUT2D eigenvalue weighted by Gasteiger charge is -2.28. The molecule has 9 nitrogen and oxygen atoms in total. The molecule has 2 heterocycles. The highest BCUT2D eigenvalue weighted by molar-refractivity contribution is 7.90. The van der Waals surface area contributed by atoms with Gasteiger partial charge in [0.25, 0.3) is 0 Å². The molecule has 35 heavy (non-hydrogen) atoms. The number of rotatable bonds is 8. The van der Waals surface area contributed by atoms with Crippen LogP contribution < -0.4 is 10.6 Å². The van der Waals surface area contributed by atoms with Gasteiger partial charge in [-0.25, -0.2) is 13.4 Å². The number of carbonyl (C=O) groups is 1. The summed E-state index contributed by atoms with van der Waals surface area (Å²) in [6.45, 7) is 3.71. The van der Waals surface area contributed by atoms with Crippen molar-refractivity contribution in [3.63, 3.8) is 0 Å². The standard InChI is InChI=1S/C25H33N5O4S/c1-25(2,32)20-5-4-6-21-19(20)12-15-30(21)22-11-13-27-24(29-22)28-18-9-7-17(8-10-18)23(31)26-14-16-35(3,33)34/h4-6,11-13,15,17-18,32H,7-10,14,16H2,1-3H3,(H,26,31)(H,27,28,29)/t17-,18-. The summed E-state index contributed by atoms with van der Waals surface area (Å²) in [4.78, 5) is 21.4. The van der Waals surface area contributed by atoms with E-state index in [2.05, 4.69) is 15.6 Å². The SMILES string of the molecule is CC(C)(O)c1cccc2c1ccn2-c1ccnc(N[C@H]2CC[C@H](C(=O)NCCS(C)(=O)=O)CC2)n1. The molecule has 0 bridgehead atoms. The van der Waals surface area contributed by atoms with E-state index in [1.807, 2.05) is 41.1 Å². The van der Waals surface area contributed by atoms with Crippen molar-refractivity contribution in [3.05, 3.63) is 48.3 Å². The Labute approximate surface area is 205 Å². The van der Waals surface area contributed by atoms with E-state index in [0.717, 1.165) is 48.0 Å². The maximum Gasteiger partial charge on any atom is 0.224 e. The summed E-state index contributed by atoms with van der Waals surface area (Å²) in [5.74, 6) is 1.04. The summed E-state index contributed by atoms with van der Waals surface area (Å²) in [6, 6.07) is 9.86. The first kappa shape index (κ1) is 25.1. The number of aromatic nitrogens is 3. The van der Waals surface area contributed by atoms with Crippen molar-refractivity contribution in [1.82, 2.24) is 19.9 Å². The van der Waals surface area contributed by atoms with E-state index in [1.54, 1.807) is 20.0 Å². The van der Waals surface area contributed by atoms with E-state index < -0.39 is 15.4 Å². The molecule has 0 atom stereocenters. The van der Waals surface area contributed by atoms with Crippen molar-refractivity contribution < 1.29 is 18.3 Å². The fourth-order valence-electron chi connectivity index (χ4n) is 4.64. The lowest BCUT2D eigenvalue weighted by molar-refractivity contribution is -0.125. The average molecular weight is 500 g/mol. The Hall–Kier alpha value is -2.98. The van der Waals surface area contributed by atoms with E-state index in [9.17, 15) is 18.3 Å². The fraction of sp³-hybridized carbons (Fsp3) is 0.480. The van der Waals surface area contributed by atoms with Crippen LogP contribution in [0.25, 0.3) is 16.7 Å². The quantitative estimate of drug-likeness (QED) is 0.435. The summed E-state index contributed by atoms with van der Waals surface area (Å²) >= 11 is 0. The normalized spacial score (nSPS) is 19.0. The van der Waals surface area contributed by atoms with Gasteiger partial charge in [-0.05, 0) is 63.3 Å². The number of hydrogen-bond donors (Lipinski definition) is 3. The molecule has 1 aliphatic rings. The van der Waals surface area contributed by atoms with Gasteiger partial charge in [0.1, 0.15) is 15.7 Å². The molecule has 1 aliphatic carbocycles. The molecule has 4 rings (SSSR count). The molecule has 10 heteroatoms. The molecule has 0 unspecified atom stereocenters. The predicted molar refractivity (Wildman–Crippen MR) is 136 cm³/mol. The molecular weight excluding hydrogens is 466 g/mol. The Kier molecular flexibility index (Phi) is 7.14. The van der Waals surface area contributed by atoms with Gasteiger partial charge >= 0.3 is 0 Å². The second kappa shape index (κ2) is 9.94. The summed E-state index contributed by atoms with van der Waals surface area (Å²) < 4.78 is 24.5. The number of benzene rings is 1. The van der Waals surface area contributed by atoms with Crippen LogP contribution in [0.5, 0.6) is 0 Å². The Morgan fingerprint density at radius 3 is 2.60 bits per heavy atom. The minimum Gasteiger partial charge on any atom is -0.386 e. The third-order valence-corrected chi connectivity index (χ3v) is 7.43. The first-order valence-electron chi connectivity index (χ1n) is 11.9. The number of sulfone groups is 1. The molecule has 1 amide bonds. The van der Waals surface area contributed by atoms with Crippen LogP contribution in [0.4, 0.5) is 5.95 Å². The van der Waals surface area contributed by atoms with E-state index in [0.29, 0.717) is 5.95 Å². The zero-order valence-electron chi connectivity index (χ0n) is 20.4. The van der Waals surface area contributed by atoms with Crippen LogP contribution in [-0.2, 0) is 20.2 Å². The molecule has 3 aromatic rings. The maximum absolute atomic E-state index is 12.3. The van der Waals surface area contributed by atoms with Gasteiger partial charge < -0.3 is 20.3 Å². The summed E-state index contributed by atoms with van der Waals surface area (Å²) in [5, 5.41) is 17.6. The van der Waals surface area contributed by atoms with Crippen molar-refractivity contribution in [1.29, 1.82) is 0 Å². The van der Waals surface area contributed by atoms with Gasteiger partial charge in [0.05, 0.1) is 16.9 Å². The molecule has 188 valence electrons. The number of fused-ring (bicyclic) bond motifs is 1. The Morgan fingerprint density at radius 2 is 1.91 bits per heavy atom. The van der Waals surface area contributed by atoms with Crippen LogP contribution in [0.2, 0.25) is 0 Å². The second-order valence-corrected chi connectivity index (χ2v) is 12.1. The number of anilines is 1.